The zero-order valence-electron chi connectivity index (χ0n) is 10.9. The van der Waals surface area contributed by atoms with Crippen LogP contribution in [0.25, 0.3) is 0 Å². The minimum Gasteiger partial charge on any atom is -0.388 e. The van der Waals surface area contributed by atoms with Gasteiger partial charge in [-0.05, 0) is 41.9 Å². The molecular weight excluding hydrogens is 310 g/mol. The van der Waals surface area contributed by atoms with Gasteiger partial charge in [0.05, 0.1) is 18.5 Å². The first-order chi connectivity index (χ1) is 9.07. The average molecular weight is 328 g/mol. The second-order valence-electron chi connectivity index (χ2n) is 5.33. The summed E-state index contributed by atoms with van der Waals surface area (Å²) in [4.78, 5) is 6.48. The van der Waals surface area contributed by atoms with Crippen LogP contribution >= 0.6 is 15.9 Å². The molecule has 0 amide bonds. The summed E-state index contributed by atoms with van der Waals surface area (Å²) in [5, 5.41) is 18.3. The van der Waals surface area contributed by atoms with Crippen molar-refractivity contribution in [2.45, 2.75) is 25.0 Å². The third-order valence-electron chi connectivity index (χ3n) is 3.76. The zero-order valence-corrected chi connectivity index (χ0v) is 12.5. The standard InChI is InChI=1S/C12H18BrN5O/c1-17-11(13)10-9(16-17)6-18(8-15-10)7-12(19)2-4-14-5-3-12/h8,14,19H,2-7H2,1H3. The van der Waals surface area contributed by atoms with Crippen LogP contribution < -0.4 is 5.32 Å². The highest BCUT2D eigenvalue weighted by Gasteiger charge is 2.32. The summed E-state index contributed by atoms with van der Waals surface area (Å²) in [5.74, 6) is 0. The van der Waals surface area contributed by atoms with Crippen molar-refractivity contribution in [3.05, 3.63) is 10.3 Å². The Morgan fingerprint density at radius 1 is 1.47 bits per heavy atom. The number of hydrogen-bond donors (Lipinski definition) is 2. The molecule has 3 heterocycles. The number of hydrogen-bond acceptors (Lipinski definition) is 5. The van der Waals surface area contributed by atoms with Crippen LogP contribution in [0.5, 0.6) is 0 Å². The molecule has 2 aliphatic heterocycles. The summed E-state index contributed by atoms with van der Waals surface area (Å²) in [7, 11) is 1.89. The molecule has 0 aromatic carbocycles. The number of halogens is 1. The molecule has 1 fully saturated rings. The summed E-state index contributed by atoms with van der Waals surface area (Å²) in [5.41, 5.74) is 1.24. The molecule has 2 N–H and O–H groups in total. The highest BCUT2D eigenvalue weighted by atomic mass is 79.9. The van der Waals surface area contributed by atoms with Crippen LogP contribution in [-0.4, -0.2) is 51.4 Å². The van der Waals surface area contributed by atoms with Gasteiger partial charge in [0.25, 0.3) is 0 Å². The van der Waals surface area contributed by atoms with Crippen molar-refractivity contribution < 1.29 is 5.11 Å². The largest absolute Gasteiger partial charge is 0.388 e. The first kappa shape index (κ1) is 13.1. The lowest BCUT2D eigenvalue weighted by Gasteiger charge is -2.37. The zero-order chi connectivity index (χ0) is 13.5. The van der Waals surface area contributed by atoms with Crippen LogP contribution in [-0.2, 0) is 13.6 Å². The van der Waals surface area contributed by atoms with Gasteiger partial charge in [0.1, 0.15) is 16.0 Å². The third kappa shape index (κ3) is 2.54. The summed E-state index contributed by atoms with van der Waals surface area (Å²) in [6.45, 7) is 3.07. The maximum absolute atomic E-state index is 10.6. The second-order valence-corrected chi connectivity index (χ2v) is 6.08. The van der Waals surface area contributed by atoms with Crippen LogP contribution in [0.4, 0.5) is 5.69 Å². The van der Waals surface area contributed by atoms with Crippen molar-refractivity contribution in [2.24, 2.45) is 12.0 Å². The van der Waals surface area contributed by atoms with Gasteiger partial charge < -0.3 is 15.3 Å². The fraction of sp³-hybridized carbons (Fsp3) is 0.667. The Labute approximate surface area is 120 Å². The fourth-order valence-corrected chi connectivity index (χ4v) is 3.09. The molecule has 0 bridgehead atoms. The third-order valence-corrected chi connectivity index (χ3v) is 4.65. The SMILES string of the molecule is Cn1nc2c(c1Br)N=CN(CC1(O)CCNCC1)C2. The van der Waals surface area contributed by atoms with Crippen molar-refractivity contribution in [1.82, 2.24) is 20.0 Å². The Kier molecular flexibility index (Phi) is 3.36. The number of β-amino-alcohol motifs (C(OH)–C–C–N with tert-alkyl or cyclic N) is 1. The predicted molar refractivity (Wildman–Crippen MR) is 76.5 cm³/mol. The van der Waals surface area contributed by atoms with Crippen LogP contribution in [0.15, 0.2) is 9.60 Å². The minimum absolute atomic E-state index is 0.610. The Bertz CT molecular complexity index is 506. The van der Waals surface area contributed by atoms with Gasteiger partial charge in [-0.1, -0.05) is 0 Å². The number of nitrogens with one attached hydrogen (secondary N) is 1. The molecule has 7 heteroatoms. The number of piperidine rings is 1. The maximum atomic E-state index is 10.6. The Balaban J connectivity index is 1.72. The molecule has 104 valence electrons. The van der Waals surface area contributed by atoms with E-state index in [0.717, 1.165) is 41.9 Å². The summed E-state index contributed by atoms with van der Waals surface area (Å²) >= 11 is 3.48. The van der Waals surface area contributed by atoms with Gasteiger partial charge >= 0.3 is 0 Å². The molecule has 0 unspecified atom stereocenters. The molecule has 1 aromatic heterocycles. The lowest BCUT2D eigenvalue weighted by Crippen LogP contribution is -2.49. The molecule has 1 saturated heterocycles. The molecule has 6 nitrogen and oxygen atoms in total. The summed E-state index contributed by atoms with van der Waals surface area (Å²) in [6.07, 6.45) is 3.39. The van der Waals surface area contributed by atoms with E-state index < -0.39 is 5.60 Å². The minimum atomic E-state index is -0.610. The number of rotatable bonds is 2. The van der Waals surface area contributed by atoms with Gasteiger partial charge in [-0.3, -0.25) is 4.68 Å². The van der Waals surface area contributed by atoms with E-state index in [1.807, 2.05) is 18.3 Å². The molecule has 0 aliphatic carbocycles. The molecular formula is C12H18BrN5O. The number of fused-ring (bicyclic) bond motifs is 1. The Hall–Kier alpha value is -0.920. The summed E-state index contributed by atoms with van der Waals surface area (Å²) in [6, 6.07) is 0. The molecule has 0 atom stereocenters. The average Bonchev–Trinajstić information content (AvgIpc) is 2.65. The molecule has 0 saturated carbocycles. The van der Waals surface area contributed by atoms with Gasteiger partial charge in [0, 0.05) is 13.6 Å². The van der Waals surface area contributed by atoms with Crippen LogP contribution in [0.1, 0.15) is 18.5 Å². The monoisotopic (exact) mass is 327 g/mol. The maximum Gasteiger partial charge on any atom is 0.129 e. The van der Waals surface area contributed by atoms with Crippen molar-refractivity contribution in [3.63, 3.8) is 0 Å². The lowest BCUT2D eigenvalue weighted by molar-refractivity contribution is -0.00764. The Morgan fingerprint density at radius 2 is 2.21 bits per heavy atom. The highest BCUT2D eigenvalue weighted by molar-refractivity contribution is 9.10. The first-order valence-electron chi connectivity index (χ1n) is 6.50. The van der Waals surface area contributed by atoms with E-state index >= 15 is 0 Å². The van der Waals surface area contributed by atoms with Gasteiger partial charge in [0.15, 0.2) is 0 Å². The van der Waals surface area contributed by atoms with E-state index in [2.05, 4.69) is 31.3 Å². The first-order valence-corrected chi connectivity index (χ1v) is 7.29. The van der Waals surface area contributed by atoms with Gasteiger partial charge in [-0.15, -0.1) is 0 Å². The quantitative estimate of drug-likeness (QED) is 0.842. The topological polar surface area (TPSA) is 65.7 Å². The van der Waals surface area contributed by atoms with Gasteiger partial charge in [-0.2, -0.15) is 5.10 Å². The van der Waals surface area contributed by atoms with Crippen LogP contribution in [0.2, 0.25) is 0 Å². The molecule has 3 rings (SSSR count). The lowest BCUT2D eigenvalue weighted by atomic mass is 9.92. The van der Waals surface area contributed by atoms with Crippen LogP contribution in [0, 0.1) is 0 Å². The van der Waals surface area contributed by atoms with E-state index in [1.165, 1.54) is 0 Å². The van der Waals surface area contributed by atoms with E-state index in [0.29, 0.717) is 13.1 Å². The van der Waals surface area contributed by atoms with Crippen LogP contribution in [0.3, 0.4) is 0 Å². The number of aliphatic imine (C=N–C) groups is 1. The number of aliphatic hydroxyl groups is 1. The molecule has 0 radical (unpaired) electrons. The van der Waals surface area contributed by atoms with Crippen molar-refractivity contribution in [3.8, 4) is 0 Å². The van der Waals surface area contributed by atoms with E-state index in [9.17, 15) is 5.11 Å². The van der Waals surface area contributed by atoms with Gasteiger partial charge in [-0.25, -0.2) is 4.99 Å². The van der Waals surface area contributed by atoms with E-state index in [4.69, 9.17) is 0 Å². The second kappa shape index (κ2) is 4.88. The van der Waals surface area contributed by atoms with E-state index in [-0.39, 0.29) is 0 Å². The fourth-order valence-electron chi connectivity index (χ4n) is 2.68. The van der Waals surface area contributed by atoms with Crippen molar-refractivity contribution in [2.75, 3.05) is 19.6 Å². The summed E-state index contributed by atoms with van der Waals surface area (Å²) < 4.78 is 2.68. The molecule has 0 spiro atoms. The van der Waals surface area contributed by atoms with Crippen molar-refractivity contribution in [1.29, 1.82) is 0 Å². The normalized spacial score (nSPS) is 21.5. The molecule has 1 aromatic rings. The molecule has 2 aliphatic rings. The van der Waals surface area contributed by atoms with E-state index in [1.54, 1.807) is 4.68 Å². The van der Waals surface area contributed by atoms with Crippen molar-refractivity contribution >= 4 is 28.0 Å². The smallest absolute Gasteiger partial charge is 0.129 e. The number of aromatic nitrogens is 2. The van der Waals surface area contributed by atoms with Gasteiger partial charge in [0.2, 0.25) is 0 Å². The Morgan fingerprint density at radius 3 is 2.95 bits per heavy atom. The number of aryl methyl sites for hydroxylation is 1. The highest BCUT2D eigenvalue weighted by Crippen LogP contribution is 2.32. The molecule has 19 heavy (non-hydrogen) atoms. The number of nitrogens with zero attached hydrogens (tertiary/aromatic N) is 4. The predicted octanol–water partition coefficient (Wildman–Crippen LogP) is 0.772.